The van der Waals surface area contributed by atoms with E-state index in [1.54, 1.807) is 0 Å². The van der Waals surface area contributed by atoms with Crippen molar-refractivity contribution in [3.8, 4) is 58.7 Å². The molecule has 1 atom stereocenters. The van der Waals surface area contributed by atoms with Gasteiger partial charge in [-0.05, 0) is 74.2 Å². The lowest BCUT2D eigenvalue weighted by atomic mass is 9.73. The van der Waals surface area contributed by atoms with E-state index in [2.05, 4.69) is 142 Å². The molecule has 0 N–H and O–H groups in total. The molecule has 0 saturated carbocycles. The van der Waals surface area contributed by atoms with Crippen molar-refractivity contribution < 1.29 is 0 Å². The van der Waals surface area contributed by atoms with Gasteiger partial charge >= 0.3 is 0 Å². The largest absolute Gasteiger partial charge is 0.196 e. The van der Waals surface area contributed by atoms with Crippen LogP contribution in [-0.4, -0.2) is 16.1 Å². The summed E-state index contributed by atoms with van der Waals surface area (Å²) in [4.78, 5) is 0. The Kier molecular flexibility index (Phi) is 14.5. The molecule has 0 fully saturated rings. The summed E-state index contributed by atoms with van der Waals surface area (Å²) in [7, 11) is -4.24. The van der Waals surface area contributed by atoms with E-state index in [0.717, 1.165) is 22.3 Å². The lowest BCUT2D eigenvalue weighted by Crippen LogP contribution is -2.43. The third-order valence-corrected chi connectivity index (χ3v) is 24.7. The van der Waals surface area contributed by atoms with Crippen LogP contribution in [0.2, 0.25) is 33.2 Å². The number of benzene rings is 2. The van der Waals surface area contributed by atoms with Crippen LogP contribution >= 0.6 is 0 Å². The van der Waals surface area contributed by atoms with Gasteiger partial charge < -0.3 is 0 Å². The Bertz CT molecular complexity index is 2210. The molecule has 0 saturated heterocycles. The molecule has 0 bridgehead atoms. The van der Waals surface area contributed by atoms with Gasteiger partial charge in [-0.25, -0.2) is 0 Å². The molecule has 284 valence electrons. The Labute approximate surface area is 341 Å². The molecule has 0 amide bonds. The molecule has 2 aromatic rings. The van der Waals surface area contributed by atoms with Crippen LogP contribution in [0.5, 0.6) is 0 Å². The topological polar surface area (TPSA) is 47.6 Å². The Morgan fingerprint density at radius 1 is 0.554 bits per heavy atom. The average Bonchev–Trinajstić information content (AvgIpc) is 3.27. The molecule has 4 rings (SSSR count). The first kappa shape index (κ1) is 43.5. The van der Waals surface area contributed by atoms with Gasteiger partial charge in [0.1, 0.15) is 16.1 Å². The van der Waals surface area contributed by atoms with Crippen LogP contribution in [0.3, 0.4) is 0 Å². The number of nitrogens with zero attached hydrogens (tertiary/aromatic N) is 2. The van der Waals surface area contributed by atoms with Crippen molar-refractivity contribution in [3.63, 3.8) is 0 Å². The minimum absolute atomic E-state index is 0.327. The molecule has 2 aliphatic carbocycles. The van der Waals surface area contributed by atoms with Gasteiger partial charge in [-0.3, -0.25) is 0 Å². The van der Waals surface area contributed by atoms with Crippen LogP contribution in [0.15, 0.2) is 108 Å². The highest BCUT2D eigenvalue weighted by atomic mass is 28.3. The monoisotopic (exact) mass is 766 g/mol. The predicted octanol–water partition coefficient (Wildman–Crippen LogP) is 12.9. The summed E-state index contributed by atoms with van der Waals surface area (Å²) in [6.45, 7) is 27.9. The fraction of sp³-hybridized carbons (Fsp3) is 0.385. The number of fused-ring (bicyclic) bond motifs is 1. The zero-order valence-corrected chi connectivity index (χ0v) is 37.6. The van der Waals surface area contributed by atoms with E-state index in [-0.39, 0.29) is 5.92 Å². The molecule has 4 heteroatoms. The van der Waals surface area contributed by atoms with Gasteiger partial charge in [0, 0.05) is 17.0 Å². The Balaban J connectivity index is 2.00. The zero-order chi connectivity index (χ0) is 41.3. The molecule has 0 aromatic heterocycles. The van der Waals surface area contributed by atoms with Gasteiger partial charge in [0.2, 0.25) is 0 Å². The molecule has 0 radical (unpaired) electrons. The minimum Gasteiger partial charge on any atom is -0.196 e. The quantitative estimate of drug-likeness (QED) is 0.208. The van der Waals surface area contributed by atoms with Crippen molar-refractivity contribution in [2.75, 3.05) is 0 Å². The first-order valence-electron chi connectivity index (χ1n) is 20.2. The van der Waals surface area contributed by atoms with Crippen LogP contribution in [-0.2, 0) is 0 Å². The average molecular weight is 767 g/mol. The smallest absolute Gasteiger partial charge is 0.179 e. The van der Waals surface area contributed by atoms with Crippen LogP contribution in [0, 0.1) is 80.6 Å². The van der Waals surface area contributed by atoms with E-state index in [1.165, 1.54) is 0 Å². The maximum Gasteiger partial charge on any atom is 0.179 e. The van der Waals surface area contributed by atoms with Crippen molar-refractivity contribution >= 4 is 21.7 Å². The molecule has 2 nitrogen and oxygen atoms in total. The Morgan fingerprint density at radius 2 is 1.00 bits per heavy atom. The normalized spacial score (nSPS) is 16.2. The highest BCUT2D eigenvalue weighted by Crippen LogP contribution is 2.52. The van der Waals surface area contributed by atoms with Crippen LogP contribution in [0.4, 0.5) is 0 Å². The lowest BCUT2D eigenvalue weighted by Gasteiger charge is -2.38. The van der Waals surface area contributed by atoms with Gasteiger partial charge in [-0.2, -0.15) is 10.5 Å². The van der Waals surface area contributed by atoms with E-state index < -0.39 is 21.6 Å². The summed E-state index contributed by atoms with van der Waals surface area (Å²) >= 11 is 0. The van der Waals surface area contributed by atoms with E-state index >= 15 is 0 Å². The molecule has 2 aliphatic rings. The molecular formula is C52H58N2Si2. The number of nitriles is 2. The Morgan fingerprint density at radius 3 is 1.43 bits per heavy atom. The molecule has 0 heterocycles. The van der Waals surface area contributed by atoms with E-state index in [9.17, 15) is 10.5 Å². The summed E-state index contributed by atoms with van der Waals surface area (Å²) in [5, 5.41) is 20.8. The minimum atomic E-state index is -2.13. The van der Waals surface area contributed by atoms with E-state index in [1.807, 2.05) is 91.1 Å². The van der Waals surface area contributed by atoms with Gasteiger partial charge in [-0.15, -0.1) is 11.1 Å². The van der Waals surface area contributed by atoms with E-state index in [0.29, 0.717) is 50.0 Å². The first-order valence-corrected chi connectivity index (χ1v) is 24.7. The molecule has 2 aromatic carbocycles. The van der Waals surface area contributed by atoms with Crippen LogP contribution < -0.4 is 0 Å². The third kappa shape index (κ3) is 8.76. The second-order valence-electron chi connectivity index (χ2n) is 17.0. The van der Waals surface area contributed by atoms with Crippen LogP contribution in [0.25, 0.3) is 5.57 Å². The van der Waals surface area contributed by atoms with Gasteiger partial charge in [0.05, 0.1) is 23.3 Å². The van der Waals surface area contributed by atoms with Crippen molar-refractivity contribution in [3.05, 3.63) is 124 Å². The summed E-state index contributed by atoms with van der Waals surface area (Å²) in [6.07, 6.45) is 11.7. The molecule has 0 spiro atoms. The van der Waals surface area contributed by atoms with Gasteiger partial charge in [0.15, 0.2) is 5.41 Å². The first-order chi connectivity index (χ1) is 26.6. The molecule has 56 heavy (non-hydrogen) atoms. The summed E-state index contributed by atoms with van der Waals surface area (Å²) < 4.78 is 0. The Hall–Kier alpha value is -5.21. The molecule has 1 unspecified atom stereocenters. The summed E-state index contributed by atoms with van der Waals surface area (Å²) in [6, 6.07) is 22.7. The maximum atomic E-state index is 10.4. The zero-order valence-electron chi connectivity index (χ0n) is 35.6. The predicted molar refractivity (Wildman–Crippen MR) is 243 cm³/mol. The second kappa shape index (κ2) is 18.6. The number of allylic oxidation sites excluding steroid dienone is 10. The SMILES string of the molecule is CC(C)[Si](C#C/C(C#Cc1ccccc1)=C(\C#Cc1ccc(C2=CC3=CC=CC=CC3C2(C#N)C#N)cc1)C#C[Si](C(C)C)(C(C)C)C(C)C)(C(C)C)C(C)C. The standard InChI is InChI=1S/C52H58N2Si2/c1-38(2)55(39(3)4,40(5)6)33-31-46(27-23-44-19-15-13-16-20-44)47(32-34-56(41(7)8,42(9)10)43(11)12)28-24-45-25-29-48(30-26-45)51-35-49-21-17-14-18-22-50(49)52(51,36-53)37-54/h13-22,25-26,29-30,35,38-43,50H,1-12H3/b47-46+. The lowest BCUT2D eigenvalue weighted by molar-refractivity contribution is 0.578. The van der Waals surface area contributed by atoms with Crippen molar-refractivity contribution in [1.29, 1.82) is 10.5 Å². The number of rotatable bonds is 7. The van der Waals surface area contributed by atoms with Gasteiger partial charge in [-0.1, -0.05) is 185 Å². The van der Waals surface area contributed by atoms with Crippen molar-refractivity contribution in [2.45, 2.75) is 116 Å². The van der Waals surface area contributed by atoms with Gasteiger partial charge in [0.25, 0.3) is 0 Å². The maximum absolute atomic E-state index is 10.4. The second-order valence-corrected chi connectivity index (χ2v) is 28.2. The third-order valence-electron chi connectivity index (χ3n) is 12.2. The molecule has 0 aliphatic heterocycles. The number of hydrogen-bond acceptors (Lipinski definition) is 2. The fourth-order valence-electron chi connectivity index (χ4n) is 9.24. The highest BCUT2D eigenvalue weighted by Gasteiger charge is 2.48. The van der Waals surface area contributed by atoms with Crippen LogP contribution in [0.1, 0.15) is 99.8 Å². The summed E-state index contributed by atoms with van der Waals surface area (Å²) in [5.74, 6) is 20.9. The number of hydrogen-bond donors (Lipinski definition) is 0. The summed E-state index contributed by atoms with van der Waals surface area (Å²) in [5.41, 5.74) is 14.9. The van der Waals surface area contributed by atoms with E-state index in [4.69, 9.17) is 0 Å². The fourth-order valence-corrected chi connectivity index (χ4v) is 19.7. The van der Waals surface area contributed by atoms with Crippen molar-refractivity contribution in [2.24, 2.45) is 11.3 Å². The molecular weight excluding hydrogens is 709 g/mol. The van der Waals surface area contributed by atoms with Crippen molar-refractivity contribution in [1.82, 2.24) is 0 Å². The highest BCUT2D eigenvalue weighted by molar-refractivity contribution is 6.91.